The first kappa shape index (κ1) is 13.5. The SMILES string of the molecule is Cc1ccc(C2=C3NC(=O)C(c4ccc(C)s4)=C3NC2=O)s1. The summed E-state index contributed by atoms with van der Waals surface area (Å²) in [5, 5.41) is 5.72. The average molecular weight is 328 g/mol. The minimum Gasteiger partial charge on any atom is -0.319 e. The molecular weight excluding hydrogens is 316 g/mol. The van der Waals surface area contributed by atoms with Crippen LogP contribution in [-0.4, -0.2) is 11.8 Å². The normalized spacial score (nSPS) is 17.2. The summed E-state index contributed by atoms with van der Waals surface area (Å²) in [4.78, 5) is 28.7. The van der Waals surface area contributed by atoms with E-state index < -0.39 is 0 Å². The summed E-state index contributed by atoms with van der Waals surface area (Å²) in [5.74, 6) is -0.310. The van der Waals surface area contributed by atoms with Gasteiger partial charge >= 0.3 is 0 Å². The molecular formula is C16H12N2O2S2. The van der Waals surface area contributed by atoms with Crippen LogP contribution in [0.15, 0.2) is 35.7 Å². The molecule has 4 heterocycles. The molecule has 0 spiro atoms. The van der Waals surface area contributed by atoms with Crippen LogP contribution in [0.1, 0.15) is 19.5 Å². The predicted octanol–water partition coefficient (Wildman–Crippen LogP) is 2.81. The monoisotopic (exact) mass is 328 g/mol. The molecule has 0 bridgehead atoms. The highest BCUT2D eigenvalue weighted by Crippen LogP contribution is 2.39. The Bertz CT molecular complexity index is 825. The van der Waals surface area contributed by atoms with Gasteiger partial charge in [-0.05, 0) is 38.1 Å². The van der Waals surface area contributed by atoms with Gasteiger partial charge < -0.3 is 10.6 Å². The first-order chi connectivity index (χ1) is 10.5. The lowest BCUT2D eigenvalue weighted by Gasteiger charge is -2.01. The van der Waals surface area contributed by atoms with Crippen molar-refractivity contribution < 1.29 is 9.59 Å². The second-order valence-electron chi connectivity index (χ2n) is 5.23. The van der Waals surface area contributed by atoms with Gasteiger partial charge in [0.2, 0.25) is 0 Å². The second-order valence-corrected chi connectivity index (χ2v) is 7.80. The smallest absolute Gasteiger partial charge is 0.259 e. The number of carbonyl (C=O) groups is 2. The summed E-state index contributed by atoms with van der Waals surface area (Å²) in [6.45, 7) is 3.99. The molecule has 0 saturated heterocycles. The Hall–Kier alpha value is -2.18. The number of amides is 2. The van der Waals surface area contributed by atoms with Crippen LogP contribution < -0.4 is 10.6 Å². The van der Waals surface area contributed by atoms with Crippen molar-refractivity contribution >= 4 is 45.6 Å². The molecule has 2 aliphatic rings. The molecule has 0 aromatic carbocycles. The van der Waals surface area contributed by atoms with Crippen LogP contribution in [0, 0.1) is 13.8 Å². The molecule has 0 fully saturated rings. The molecule has 0 radical (unpaired) electrons. The fourth-order valence-corrected chi connectivity index (χ4v) is 4.52. The van der Waals surface area contributed by atoms with Crippen molar-refractivity contribution in [2.75, 3.05) is 0 Å². The molecule has 0 unspecified atom stereocenters. The van der Waals surface area contributed by atoms with E-state index in [2.05, 4.69) is 10.6 Å². The van der Waals surface area contributed by atoms with Crippen LogP contribution >= 0.6 is 22.7 Å². The molecule has 2 aromatic rings. The Kier molecular flexibility index (Phi) is 2.85. The fraction of sp³-hybridized carbons (Fsp3) is 0.125. The molecule has 6 heteroatoms. The number of aryl methyl sites for hydroxylation is 2. The van der Waals surface area contributed by atoms with Crippen LogP contribution in [0.2, 0.25) is 0 Å². The second kappa shape index (κ2) is 4.66. The van der Waals surface area contributed by atoms with E-state index in [1.54, 1.807) is 22.7 Å². The predicted molar refractivity (Wildman–Crippen MR) is 88.2 cm³/mol. The maximum atomic E-state index is 12.3. The number of carbonyl (C=O) groups excluding carboxylic acids is 2. The van der Waals surface area contributed by atoms with Crippen molar-refractivity contribution in [3.05, 3.63) is 55.2 Å². The molecule has 2 aliphatic heterocycles. The molecule has 2 aromatic heterocycles. The zero-order valence-electron chi connectivity index (χ0n) is 11.9. The van der Waals surface area contributed by atoms with Gasteiger partial charge in [-0.1, -0.05) is 0 Å². The maximum absolute atomic E-state index is 12.3. The van der Waals surface area contributed by atoms with Gasteiger partial charge in [-0.2, -0.15) is 0 Å². The molecule has 22 heavy (non-hydrogen) atoms. The lowest BCUT2D eigenvalue weighted by molar-refractivity contribution is -0.114. The third-order valence-electron chi connectivity index (χ3n) is 3.65. The molecule has 2 amide bonds. The van der Waals surface area contributed by atoms with E-state index in [-0.39, 0.29) is 11.8 Å². The molecule has 0 aliphatic carbocycles. The van der Waals surface area contributed by atoms with Crippen LogP contribution in [0.4, 0.5) is 0 Å². The zero-order chi connectivity index (χ0) is 15.4. The minimum atomic E-state index is -0.155. The summed E-state index contributed by atoms with van der Waals surface area (Å²) in [6, 6.07) is 7.79. The Labute approximate surface area is 135 Å². The first-order valence-electron chi connectivity index (χ1n) is 6.80. The van der Waals surface area contributed by atoms with Crippen molar-refractivity contribution in [2.45, 2.75) is 13.8 Å². The topological polar surface area (TPSA) is 58.2 Å². The van der Waals surface area contributed by atoms with Crippen molar-refractivity contribution in [1.29, 1.82) is 0 Å². The van der Waals surface area contributed by atoms with Crippen molar-refractivity contribution in [2.24, 2.45) is 0 Å². The van der Waals surface area contributed by atoms with Gasteiger partial charge in [-0.15, -0.1) is 22.7 Å². The van der Waals surface area contributed by atoms with E-state index in [4.69, 9.17) is 0 Å². The maximum Gasteiger partial charge on any atom is 0.259 e. The third kappa shape index (κ3) is 1.88. The molecule has 2 N–H and O–H groups in total. The summed E-state index contributed by atoms with van der Waals surface area (Å²) in [6.07, 6.45) is 0. The largest absolute Gasteiger partial charge is 0.319 e. The molecule has 0 saturated carbocycles. The lowest BCUT2D eigenvalue weighted by atomic mass is 10.1. The number of hydrogen-bond donors (Lipinski definition) is 2. The standard InChI is InChI=1S/C16H12N2O2S2/c1-7-3-5-9(21-7)11-13-14(18-15(11)19)12(16(20)17-13)10-6-4-8(2)22-10/h3-6H,1-2H3,(H,17,20)(H,18,19). The Morgan fingerprint density at radius 3 is 1.45 bits per heavy atom. The summed E-state index contributed by atoms with van der Waals surface area (Å²) < 4.78 is 0. The van der Waals surface area contributed by atoms with E-state index in [1.165, 1.54) is 0 Å². The van der Waals surface area contributed by atoms with Gasteiger partial charge in [0.05, 0.1) is 22.5 Å². The fourth-order valence-electron chi connectivity index (χ4n) is 2.69. The summed E-state index contributed by atoms with van der Waals surface area (Å²) in [5.41, 5.74) is 2.34. The summed E-state index contributed by atoms with van der Waals surface area (Å²) >= 11 is 3.10. The highest BCUT2D eigenvalue weighted by Gasteiger charge is 2.39. The van der Waals surface area contributed by atoms with Crippen LogP contribution in [-0.2, 0) is 9.59 Å². The van der Waals surface area contributed by atoms with Crippen molar-refractivity contribution in [3.8, 4) is 0 Å². The number of thiophene rings is 2. The number of fused-ring (bicyclic) bond motifs is 1. The minimum absolute atomic E-state index is 0.155. The van der Waals surface area contributed by atoms with Gasteiger partial charge in [-0.3, -0.25) is 9.59 Å². The van der Waals surface area contributed by atoms with Gasteiger partial charge in [0, 0.05) is 19.5 Å². The average Bonchev–Trinajstić information content (AvgIpc) is 3.16. The lowest BCUT2D eigenvalue weighted by Crippen LogP contribution is -2.19. The Morgan fingerprint density at radius 1 is 0.727 bits per heavy atom. The third-order valence-corrected chi connectivity index (χ3v) is 5.69. The molecule has 4 rings (SSSR count). The van der Waals surface area contributed by atoms with Crippen LogP contribution in [0.25, 0.3) is 11.1 Å². The van der Waals surface area contributed by atoms with Gasteiger partial charge in [0.1, 0.15) is 0 Å². The number of nitrogens with one attached hydrogen (secondary N) is 2. The van der Waals surface area contributed by atoms with E-state index >= 15 is 0 Å². The first-order valence-corrected chi connectivity index (χ1v) is 8.43. The van der Waals surface area contributed by atoms with E-state index in [0.29, 0.717) is 22.5 Å². The van der Waals surface area contributed by atoms with Gasteiger partial charge in [0.15, 0.2) is 0 Å². The zero-order valence-corrected chi connectivity index (χ0v) is 13.6. The molecule has 4 nitrogen and oxygen atoms in total. The van der Waals surface area contributed by atoms with Crippen molar-refractivity contribution in [3.63, 3.8) is 0 Å². The Morgan fingerprint density at radius 2 is 1.14 bits per heavy atom. The number of rotatable bonds is 2. The summed E-state index contributed by atoms with van der Waals surface area (Å²) in [7, 11) is 0. The van der Waals surface area contributed by atoms with Gasteiger partial charge in [0.25, 0.3) is 11.8 Å². The molecule has 110 valence electrons. The quantitative estimate of drug-likeness (QED) is 0.890. The molecule has 0 atom stereocenters. The Balaban J connectivity index is 1.91. The van der Waals surface area contributed by atoms with Crippen molar-refractivity contribution in [1.82, 2.24) is 10.6 Å². The highest BCUT2D eigenvalue weighted by atomic mass is 32.1. The number of hydrogen-bond acceptors (Lipinski definition) is 4. The van der Waals surface area contributed by atoms with E-state index in [1.807, 2.05) is 38.1 Å². The van der Waals surface area contributed by atoms with Crippen LogP contribution in [0.5, 0.6) is 0 Å². The van der Waals surface area contributed by atoms with E-state index in [0.717, 1.165) is 19.5 Å². The van der Waals surface area contributed by atoms with E-state index in [9.17, 15) is 9.59 Å². The van der Waals surface area contributed by atoms with Crippen LogP contribution in [0.3, 0.4) is 0 Å². The van der Waals surface area contributed by atoms with Gasteiger partial charge in [-0.25, -0.2) is 0 Å². The highest BCUT2D eigenvalue weighted by molar-refractivity contribution is 7.14.